The van der Waals surface area contributed by atoms with Crippen molar-refractivity contribution >= 4 is 23.1 Å². The van der Waals surface area contributed by atoms with E-state index in [1.165, 1.54) is 37.1 Å². The fraction of sp³-hybridized carbons (Fsp3) is 0.385. The molecule has 9 nitrogen and oxygen atoms in total. The molecule has 0 atom stereocenters. The third kappa shape index (κ3) is 6.12. The first-order valence-corrected chi connectivity index (χ1v) is 12.2. The van der Waals surface area contributed by atoms with E-state index in [4.69, 9.17) is 9.47 Å². The lowest BCUT2D eigenvalue weighted by molar-refractivity contribution is 0.254. The maximum Gasteiger partial charge on any atom is 0.229 e. The van der Waals surface area contributed by atoms with E-state index in [0.29, 0.717) is 30.6 Å². The maximum absolute atomic E-state index is 6.05. The molecule has 1 saturated heterocycles. The predicted molar refractivity (Wildman–Crippen MR) is 138 cm³/mol. The van der Waals surface area contributed by atoms with Crippen molar-refractivity contribution in [3.05, 3.63) is 59.8 Å². The van der Waals surface area contributed by atoms with Gasteiger partial charge in [0.05, 0.1) is 19.4 Å². The summed E-state index contributed by atoms with van der Waals surface area (Å²) in [5.41, 5.74) is 10.7. The molecule has 5 rings (SSSR count). The summed E-state index contributed by atoms with van der Waals surface area (Å²) in [4.78, 5) is 11.5. The average Bonchev–Trinajstić information content (AvgIpc) is 3.58. The second-order valence-electron chi connectivity index (χ2n) is 8.83. The number of anilines is 4. The molecule has 2 aliphatic heterocycles. The molecule has 4 N–H and O–H groups in total. The molecule has 0 spiro atoms. The van der Waals surface area contributed by atoms with Crippen LogP contribution < -0.4 is 31.0 Å². The van der Waals surface area contributed by atoms with Crippen molar-refractivity contribution in [2.45, 2.75) is 32.4 Å². The van der Waals surface area contributed by atoms with Crippen LogP contribution in [0.1, 0.15) is 30.4 Å². The van der Waals surface area contributed by atoms with Crippen molar-refractivity contribution in [3.63, 3.8) is 0 Å². The molecular formula is C26H33N7O2. The van der Waals surface area contributed by atoms with E-state index in [-0.39, 0.29) is 0 Å². The molecule has 9 heteroatoms. The van der Waals surface area contributed by atoms with Gasteiger partial charge in [0.25, 0.3) is 0 Å². The number of hydrazine groups is 1. The highest BCUT2D eigenvalue weighted by atomic mass is 16.5. The van der Waals surface area contributed by atoms with Crippen LogP contribution >= 0.6 is 0 Å². The van der Waals surface area contributed by atoms with Gasteiger partial charge >= 0.3 is 0 Å². The van der Waals surface area contributed by atoms with Crippen LogP contribution in [0.3, 0.4) is 0 Å². The molecular weight excluding hydrogens is 442 g/mol. The maximum atomic E-state index is 6.05. The minimum Gasteiger partial charge on any atom is -0.493 e. The normalized spacial score (nSPS) is 14.9. The molecule has 35 heavy (non-hydrogen) atoms. The van der Waals surface area contributed by atoms with Gasteiger partial charge in [-0.05, 0) is 67.7 Å². The largest absolute Gasteiger partial charge is 0.493 e. The lowest BCUT2D eigenvalue weighted by Crippen LogP contribution is -2.21. The Labute approximate surface area is 206 Å². The number of hydrogen-bond donors (Lipinski definition) is 4. The van der Waals surface area contributed by atoms with Crippen molar-refractivity contribution in [1.82, 2.24) is 20.3 Å². The molecule has 3 aromatic rings. The molecule has 2 aromatic carbocycles. The SMILES string of the molecule is COc1ccc(Nc2nccc(NCc3ccc4c(c3)NNC4)n2)cc1OCCCN1CCCC1. The molecule has 0 radical (unpaired) electrons. The Kier molecular flexibility index (Phi) is 7.45. The van der Waals surface area contributed by atoms with Crippen LogP contribution in [0.25, 0.3) is 0 Å². The van der Waals surface area contributed by atoms with Gasteiger partial charge in [0.1, 0.15) is 5.82 Å². The fourth-order valence-electron chi connectivity index (χ4n) is 4.42. The summed E-state index contributed by atoms with van der Waals surface area (Å²) in [5, 5.41) is 6.66. The van der Waals surface area contributed by atoms with Crippen LogP contribution in [0.5, 0.6) is 11.5 Å². The van der Waals surface area contributed by atoms with E-state index in [0.717, 1.165) is 36.7 Å². The standard InChI is InChI=1S/C26H33N7O2/c1-34-23-8-7-21(16-24(23)35-14-4-13-33-11-2-3-12-33)30-26-27-10-9-25(31-26)28-17-19-5-6-20-18-29-32-22(20)15-19/h5-10,15-16,29,32H,2-4,11-14,17-18H2,1H3,(H2,27,28,30,31). The number of likely N-dealkylation sites (tertiary alicyclic amines) is 1. The molecule has 0 bridgehead atoms. The molecule has 3 heterocycles. The zero-order valence-electron chi connectivity index (χ0n) is 20.1. The number of nitrogens with one attached hydrogen (secondary N) is 4. The third-order valence-corrected chi connectivity index (χ3v) is 6.30. The van der Waals surface area contributed by atoms with Gasteiger partial charge in [0.15, 0.2) is 11.5 Å². The highest BCUT2D eigenvalue weighted by Gasteiger charge is 2.12. The second-order valence-corrected chi connectivity index (χ2v) is 8.83. The Morgan fingerprint density at radius 2 is 1.97 bits per heavy atom. The monoisotopic (exact) mass is 475 g/mol. The van der Waals surface area contributed by atoms with Gasteiger partial charge in [-0.1, -0.05) is 12.1 Å². The van der Waals surface area contributed by atoms with Crippen LogP contribution in [0.2, 0.25) is 0 Å². The Bertz CT molecular complexity index is 1130. The number of hydrogen-bond acceptors (Lipinski definition) is 9. The highest BCUT2D eigenvalue weighted by Crippen LogP contribution is 2.31. The molecule has 2 aliphatic rings. The van der Waals surface area contributed by atoms with Crippen LogP contribution in [0, 0.1) is 0 Å². The van der Waals surface area contributed by atoms with Crippen LogP contribution in [0.15, 0.2) is 48.7 Å². The first-order chi connectivity index (χ1) is 17.3. The lowest BCUT2D eigenvalue weighted by atomic mass is 10.1. The quantitative estimate of drug-likeness (QED) is 0.305. The van der Waals surface area contributed by atoms with Gasteiger partial charge in [-0.2, -0.15) is 4.98 Å². The smallest absolute Gasteiger partial charge is 0.229 e. The molecule has 1 fully saturated rings. The van der Waals surface area contributed by atoms with Crippen molar-refractivity contribution in [2.75, 3.05) is 49.4 Å². The summed E-state index contributed by atoms with van der Waals surface area (Å²) in [6.07, 6.45) is 5.36. The van der Waals surface area contributed by atoms with E-state index in [2.05, 4.69) is 54.6 Å². The number of aromatic nitrogens is 2. The van der Waals surface area contributed by atoms with Crippen molar-refractivity contribution < 1.29 is 9.47 Å². The van der Waals surface area contributed by atoms with E-state index in [9.17, 15) is 0 Å². The number of fused-ring (bicyclic) bond motifs is 1. The van der Waals surface area contributed by atoms with Crippen LogP contribution in [-0.4, -0.2) is 48.2 Å². The Balaban J connectivity index is 1.17. The number of nitrogens with zero attached hydrogens (tertiary/aromatic N) is 3. The Morgan fingerprint density at radius 1 is 1.06 bits per heavy atom. The zero-order valence-corrected chi connectivity index (χ0v) is 20.1. The van der Waals surface area contributed by atoms with E-state index in [1.54, 1.807) is 13.3 Å². The number of rotatable bonds is 11. The van der Waals surface area contributed by atoms with Crippen molar-refractivity contribution in [2.24, 2.45) is 0 Å². The molecule has 0 amide bonds. The van der Waals surface area contributed by atoms with Crippen LogP contribution in [-0.2, 0) is 13.1 Å². The molecule has 1 aromatic heterocycles. The third-order valence-electron chi connectivity index (χ3n) is 6.30. The highest BCUT2D eigenvalue weighted by molar-refractivity contribution is 5.60. The minimum absolute atomic E-state index is 0.514. The summed E-state index contributed by atoms with van der Waals surface area (Å²) >= 11 is 0. The van der Waals surface area contributed by atoms with Gasteiger partial charge in [-0.3, -0.25) is 0 Å². The van der Waals surface area contributed by atoms with Crippen LogP contribution in [0.4, 0.5) is 23.1 Å². The molecule has 0 unspecified atom stereocenters. The first-order valence-electron chi connectivity index (χ1n) is 12.2. The number of benzene rings is 2. The van der Waals surface area contributed by atoms with Gasteiger partial charge in [0, 0.05) is 37.6 Å². The molecule has 0 aliphatic carbocycles. The zero-order chi connectivity index (χ0) is 23.9. The summed E-state index contributed by atoms with van der Waals surface area (Å²) in [7, 11) is 1.66. The van der Waals surface area contributed by atoms with Gasteiger partial charge < -0.3 is 30.4 Å². The summed E-state index contributed by atoms with van der Waals surface area (Å²) in [6.45, 7) is 5.66. The average molecular weight is 476 g/mol. The molecule has 0 saturated carbocycles. The van der Waals surface area contributed by atoms with E-state index in [1.807, 2.05) is 24.3 Å². The Hall–Kier alpha value is -3.56. The minimum atomic E-state index is 0.514. The summed E-state index contributed by atoms with van der Waals surface area (Å²) in [6, 6.07) is 14.0. The first kappa shape index (κ1) is 23.2. The summed E-state index contributed by atoms with van der Waals surface area (Å²) < 4.78 is 11.5. The van der Waals surface area contributed by atoms with E-state index >= 15 is 0 Å². The topological polar surface area (TPSA) is 95.6 Å². The summed E-state index contributed by atoms with van der Waals surface area (Å²) in [5.74, 6) is 2.70. The van der Waals surface area contributed by atoms with Crippen molar-refractivity contribution in [3.8, 4) is 11.5 Å². The number of methoxy groups -OCH3 is 1. The van der Waals surface area contributed by atoms with Gasteiger partial charge in [-0.15, -0.1) is 0 Å². The van der Waals surface area contributed by atoms with Gasteiger partial charge in [-0.25, -0.2) is 10.4 Å². The lowest BCUT2D eigenvalue weighted by Gasteiger charge is -2.16. The Morgan fingerprint density at radius 3 is 2.86 bits per heavy atom. The van der Waals surface area contributed by atoms with Crippen molar-refractivity contribution in [1.29, 1.82) is 0 Å². The van der Waals surface area contributed by atoms with Gasteiger partial charge in [0.2, 0.25) is 5.95 Å². The predicted octanol–water partition coefficient (Wildman–Crippen LogP) is 4.14. The molecule has 184 valence electrons. The number of ether oxygens (including phenoxy) is 2. The van der Waals surface area contributed by atoms with E-state index < -0.39 is 0 Å². The second kappa shape index (κ2) is 11.2. The fourth-order valence-corrected chi connectivity index (χ4v) is 4.42.